The Kier molecular flexibility index (Phi) is 5.20. The topological polar surface area (TPSA) is 91.9 Å². The Morgan fingerprint density at radius 2 is 1.83 bits per heavy atom. The molecule has 150 valence electrons. The smallest absolute Gasteiger partial charge is 0.252 e. The molecule has 0 atom stereocenters. The van der Waals surface area contributed by atoms with E-state index >= 15 is 0 Å². The third-order valence-electron chi connectivity index (χ3n) is 4.77. The summed E-state index contributed by atoms with van der Waals surface area (Å²) in [6, 6.07) is 16.8. The third-order valence-corrected chi connectivity index (χ3v) is 6.57. The van der Waals surface area contributed by atoms with Gasteiger partial charge in [0, 0.05) is 30.3 Å². The van der Waals surface area contributed by atoms with Gasteiger partial charge >= 0.3 is 0 Å². The van der Waals surface area contributed by atoms with Crippen molar-refractivity contribution in [2.75, 3.05) is 7.05 Å². The minimum Gasteiger partial charge on any atom is -0.361 e. The Balaban J connectivity index is 1.73. The molecule has 0 radical (unpaired) electrons. The van der Waals surface area contributed by atoms with Crippen LogP contribution in [0.1, 0.15) is 21.6 Å². The van der Waals surface area contributed by atoms with Crippen LogP contribution in [0.15, 0.2) is 82.8 Å². The fraction of sp³-hybridized carbons (Fsp3) is 0.0435. The van der Waals surface area contributed by atoms with Gasteiger partial charge in [-0.2, -0.15) is 0 Å². The van der Waals surface area contributed by atoms with E-state index in [1.165, 1.54) is 19.2 Å². The van der Waals surface area contributed by atoms with Crippen LogP contribution >= 0.6 is 0 Å². The van der Waals surface area contributed by atoms with Gasteiger partial charge in [0.25, 0.3) is 5.91 Å². The lowest BCUT2D eigenvalue weighted by atomic mass is 10.1. The van der Waals surface area contributed by atoms with Crippen LogP contribution in [0, 0.1) is 0 Å². The highest BCUT2D eigenvalue weighted by Gasteiger charge is 2.24. The highest BCUT2D eigenvalue weighted by Crippen LogP contribution is 2.28. The van der Waals surface area contributed by atoms with Gasteiger partial charge in [-0.3, -0.25) is 9.78 Å². The van der Waals surface area contributed by atoms with Gasteiger partial charge in [0.1, 0.15) is 0 Å². The van der Waals surface area contributed by atoms with Crippen molar-refractivity contribution in [3.8, 4) is 0 Å². The van der Waals surface area contributed by atoms with E-state index in [2.05, 4.69) is 15.3 Å². The fourth-order valence-electron chi connectivity index (χ4n) is 3.23. The molecular weight excluding hydrogens is 398 g/mol. The second kappa shape index (κ2) is 7.96. The zero-order valence-corrected chi connectivity index (χ0v) is 17.0. The quantitative estimate of drug-likeness (QED) is 0.515. The lowest BCUT2D eigenvalue weighted by molar-refractivity contribution is 0.0960. The molecule has 0 spiro atoms. The van der Waals surface area contributed by atoms with Crippen molar-refractivity contribution >= 4 is 38.8 Å². The van der Waals surface area contributed by atoms with E-state index < -0.39 is 15.7 Å². The average molecular weight is 417 g/mol. The molecule has 30 heavy (non-hydrogen) atoms. The fourth-order valence-corrected chi connectivity index (χ4v) is 4.71. The molecule has 4 rings (SSSR count). The number of rotatable bonds is 5. The van der Waals surface area contributed by atoms with Crippen molar-refractivity contribution in [3.63, 3.8) is 0 Å². The third kappa shape index (κ3) is 3.62. The standard InChI is InChI=1S/C23H19N3O3S/c1-24-23(27)20-7-2-3-8-22(20)30(28,29)18-11-12-19-16(15-26-21(19)14-18)9-10-17-6-4-5-13-25-17/h2-15,26H,1H3,(H,24,27)/b10-9+. The van der Waals surface area contributed by atoms with Gasteiger partial charge in [0.15, 0.2) is 0 Å². The normalized spacial score (nSPS) is 11.8. The summed E-state index contributed by atoms with van der Waals surface area (Å²) >= 11 is 0. The van der Waals surface area contributed by atoms with E-state index in [1.807, 2.05) is 36.5 Å². The Labute approximate surface area is 174 Å². The van der Waals surface area contributed by atoms with Crippen LogP contribution in [0.25, 0.3) is 23.1 Å². The van der Waals surface area contributed by atoms with Gasteiger partial charge in [0.05, 0.1) is 21.0 Å². The van der Waals surface area contributed by atoms with Crippen molar-refractivity contribution in [2.24, 2.45) is 0 Å². The number of sulfone groups is 1. The summed E-state index contributed by atoms with van der Waals surface area (Å²) in [5, 5.41) is 3.37. The van der Waals surface area contributed by atoms with E-state index in [1.54, 1.807) is 36.5 Å². The number of fused-ring (bicyclic) bond motifs is 1. The second-order valence-electron chi connectivity index (χ2n) is 6.62. The molecule has 2 heterocycles. The molecule has 0 aliphatic carbocycles. The van der Waals surface area contributed by atoms with Gasteiger partial charge in [0.2, 0.25) is 9.84 Å². The van der Waals surface area contributed by atoms with E-state index in [9.17, 15) is 13.2 Å². The Hall–Kier alpha value is -3.71. The summed E-state index contributed by atoms with van der Waals surface area (Å²) in [6.07, 6.45) is 7.37. The van der Waals surface area contributed by atoms with E-state index in [0.717, 1.165) is 16.6 Å². The number of nitrogens with zero attached hydrogens (tertiary/aromatic N) is 1. The molecule has 7 heteroatoms. The van der Waals surface area contributed by atoms with E-state index in [0.29, 0.717) is 5.52 Å². The number of aromatic nitrogens is 2. The average Bonchev–Trinajstić information content (AvgIpc) is 3.20. The van der Waals surface area contributed by atoms with Crippen LogP contribution in [-0.2, 0) is 9.84 Å². The summed E-state index contributed by atoms with van der Waals surface area (Å²) in [5.41, 5.74) is 2.56. The number of amides is 1. The Morgan fingerprint density at radius 3 is 2.60 bits per heavy atom. The summed E-state index contributed by atoms with van der Waals surface area (Å²) < 4.78 is 26.4. The summed E-state index contributed by atoms with van der Waals surface area (Å²) in [6.45, 7) is 0. The molecule has 4 aromatic rings. The van der Waals surface area contributed by atoms with Gasteiger partial charge in [-0.1, -0.05) is 30.3 Å². The SMILES string of the molecule is CNC(=O)c1ccccc1S(=O)(=O)c1ccc2c(/C=C/c3ccccn3)c[nH]c2c1. The number of H-pyrrole nitrogens is 1. The lowest BCUT2D eigenvalue weighted by Gasteiger charge is -2.10. The number of hydrogen-bond donors (Lipinski definition) is 2. The second-order valence-corrected chi connectivity index (χ2v) is 8.54. The molecule has 2 aromatic heterocycles. The molecule has 2 N–H and O–H groups in total. The minimum atomic E-state index is -3.87. The number of benzene rings is 2. The monoisotopic (exact) mass is 417 g/mol. The molecular formula is C23H19N3O3S. The van der Waals surface area contributed by atoms with Crippen molar-refractivity contribution in [1.82, 2.24) is 15.3 Å². The van der Waals surface area contributed by atoms with Crippen LogP contribution < -0.4 is 5.32 Å². The predicted molar refractivity (Wildman–Crippen MR) is 117 cm³/mol. The van der Waals surface area contributed by atoms with Gasteiger partial charge < -0.3 is 10.3 Å². The minimum absolute atomic E-state index is 0.0227. The highest BCUT2D eigenvalue weighted by molar-refractivity contribution is 7.91. The first kappa shape index (κ1) is 19.6. The Morgan fingerprint density at radius 1 is 1.03 bits per heavy atom. The molecule has 0 unspecified atom stereocenters. The molecule has 1 amide bonds. The van der Waals surface area contributed by atoms with Crippen molar-refractivity contribution in [3.05, 3.63) is 89.9 Å². The maximum Gasteiger partial charge on any atom is 0.252 e. The zero-order chi connectivity index (χ0) is 21.1. The number of carbonyl (C=O) groups is 1. The zero-order valence-electron chi connectivity index (χ0n) is 16.2. The first-order valence-electron chi connectivity index (χ1n) is 9.27. The van der Waals surface area contributed by atoms with Crippen LogP contribution in [0.4, 0.5) is 0 Å². The molecule has 6 nitrogen and oxygen atoms in total. The van der Waals surface area contributed by atoms with Gasteiger partial charge in [-0.25, -0.2) is 8.42 Å². The number of hydrogen-bond acceptors (Lipinski definition) is 4. The van der Waals surface area contributed by atoms with Gasteiger partial charge in [-0.15, -0.1) is 0 Å². The first-order valence-corrected chi connectivity index (χ1v) is 10.8. The number of pyridine rings is 1. The number of aromatic amines is 1. The Bertz CT molecular complexity index is 1360. The summed E-state index contributed by atoms with van der Waals surface area (Å²) in [5.74, 6) is -0.447. The van der Waals surface area contributed by atoms with Crippen LogP contribution in [0.3, 0.4) is 0 Å². The number of carbonyl (C=O) groups excluding carboxylic acids is 1. The molecule has 0 saturated heterocycles. The van der Waals surface area contributed by atoms with Crippen molar-refractivity contribution in [2.45, 2.75) is 9.79 Å². The maximum atomic E-state index is 13.2. The molecule has 2 aromatic carbocycles. The summed E-state index contributed by atoms with van der Waals surface area (Å²) in [7, 11) is -2.40. The van der Waals surface area contributed by atoms with Crippen LogP contribution in [0.2, 0.25) is 0 Å². The predicted octanol–water partition coefficient (Wildman–Crippen LogP) is 3.93. The molecule has 0 fully saturated rings. The van der Waals surface area contributed by atoms with Crippen molar-refractivity contribution in [1.29, 1.82) is 0 Å². The maximum absolute atomic E-state index is 13.2. The van der Waals surface area contributed by atoms with Gasteiger partial charge in [-0.05, 0) is 48.0 Å². The van der Waals surface area contributed by atoms with Crippen molar-refractivity contribution < 1.29 is 13.2 Å². The molecule has 0 aliphatic heterocycles. The number of nitrogens with one attached hydrogen (secondary N) is 2. The first-order chi connectivity index (χ1) is 14.5. The van der Waals surface area contributed by atoms with E-state index in [4.69, 9.17) is 0 Å². The molecule has 0 bridgehead atoms. The molecule has 0 saturated carbocycles. The largest absolute Gasteiger partial charge is 0.361 e. The lowest BCUT2D eigenvalue weighted by Crippen LogP contribution is -2.21. The molecule has 0 aliphatic rings. The highest BCUT2D eigenvalue weighted by atomic mass is 32.2. The van der Waals surface area contributed by atoms with Crippen LogP contribution in [-0.4, -0.2) is 31.3 Å². The summed E-state index contributed by atoms with van der Waals surface area (Å²) in [4.78, 5) is 19.6. The van der Waals surface area contributed by atoms with Crippen LogP contribution in [0.5, 0.6) is 0 Å². The van der Waals surface area contributed by atoms with E-state index in [-0.39, 0.29) is 15.4 Å².